The van der Waals surface area contributed by atoms with E-state index in [4.69, 9.17) is 0 Å². The number of carbonyl (C=O) groups is 1. The molecule has 1 amide bonds. The van der Waals surface area contributed by atoms with Crippen LogP contribution in [0, 0.1) is 5.92 Å². The van der Waals surface area contributed by atoms with Crippen LogP contribution in [0.15, 0.2) is 12.7 Å². The number of carbonyl (C=O) groups excluding carboxylic acids is 1. The van der Waals surface area contributed by atoms with Crippen molar-refractivity contribution < 1.29 is 4.79 Å². The van der Waals surface area contributed by atoms with Crippen molar-refractivity contribution in [3.63, 3.8) is 0 Å². The van der Waals surface area contributed by atoms with Gasteiger partial charge >= 0.3 is 0 Å². The Morgan fingerprint density at radius 2 is 1.81 bits per heavy atom. The first-order valence-corrected chi connectivity index (χ1v) is 6.34. The summed E-state index contributed by atoms with van der Waals surface area (Å²) in [5, 5.41) is 0. The molecule has 0 saturated carbocycles. The Bertz CT molecular complexity index is 228. The molecule has 1 fully saturated rings. The summed E-state index contributed by atoms with van der Waals surface area (Å²) in [6.45, 7) is 12.6. The van der Waals surface area contributed by atoms with Crippen LogP contribution in [-0.4, -0.2) is 48.4 Å². The molecule has 1 heterocycles. The van der Waals surface area contributed by atoms with Crippen LogP contribution >= 0.6 is 0 Å². The molecule has 0 spiro atoms. The summed E-state index contributed by atoms with van der Waals surface area (Å²) in [6, 6.07) is 0. The SMILES string of the molecule is C=CCN1CCN(C(=O)C(CC)CC)CC1. The number of piperazine rings is 1. The topological polar surface area (TPSA) is 23.6 Å². The van der Waals surface area contributed by atoms with E-state index in [2.05, 4.69) is 25.3 Å². The maximum atomic E-state index is 12.1. The highest BCUT2D eigenvalue weighted by Gasteiger charge is 2.24. The van der Waals surface area contributed by atoms with Crippen molar-refractivity contribution in [3.8, 4) is 0 Å². The summed E-state index contributed by atoms with van der Waals surface area (Å²) in [5.41, 5.74) is 0. The lowest BCUT2D eigenvalue weighted by Gasteiger charge is -2.35. The highest BCUT2D eigenvalue weighted by atomic mass is 16.2. The molecule has 1 saturated heterocycles. The van der Waals surface area contributed by atoms with Gasteiger partial charge in [-0.2, -0.15) is 0 Å². The molecule has 0 radical (unpaired) electrons. The van der Waals surface area contributed by atoms with Gasteiger partial charge in [-0.15, -0.1) is 6.58 Å². The van der Waals surface area contributed by atoms with Gasteiger partial charge in [-0.05, 0) is 12.8 Å². The summed E-state index contributed by atoms with van der Waals surface area (Å²) >= 11 is 0. The van der Waals surface area contributed by atoms with Crippen molar-refractivity contribution in [3.05, 3.63) is 12.7 Å². The third-order valence-electron chi connectivity index (χ3n) is 3.41. The van der Waals surface area contributed by atoms with E-state index >= 15 is 0 Å². The highest BCUT2D eigenvalue weighted by Crippen LogP contribution is 2.13. The quantitative estimate of drug-likeness (QED) is 0.664. The van der Waals surface area contributed by atoms with Gasteiger partial charge in [0.15, 0.2) is 0 Å². The van der Waals surface area contributed by atoms with Crippen molar-refractivity contribution in [2.75, 3.05) is 32.7 Å². The maximum absolute atomic E-state index is 12.1. The Morgan fingerprint density at radius 1 is 1.25 bits per heavy atom. The molecule has 3 nitrogen and oxygen atoms in total. The Kier molecular flexibility index (Phi) is 5.53. The van der Waals surface area contributed by atoms with Gasteiger partial charge in [0.2, 0.25) is 5.91 Å². The molecule has 0 unspecified atom stereocenters. The number of hydrogen-bond acceptors (Lipinski definition) is 2. The zero-order valence-electron chi connectivity index (χ0n) is 10.6. The first kappa shape index (κ1) is 13.2. The minimum absolute atomic E-state index is 0.228. The predicted octanol–water partition coefficient (Wildman–Crippen LogP) is 1.75. The molecule has 0 bridgehead atoms. The molecule has 1 aliphatic rings. The fourth-order valence-corrected chi connectivity index (χ4v) is 2.23. The molecular formula is C13H24N2O. The molecule has 16 heavy (non-hydrogen) atoms. The Morgan fingerprint density at radius 3 is 2.25 bits per heavy atom. The Labute approximate surface area is 99.1 Å². The minimum Gasteiger partial charge on any atom is -0.340 e. The van der Waals surface area contributed by atoms with E-state index in [0.29, 0.717) is 5.91 Å². The largest absolute Gasteiger partial charge is 0.340 e. The number of rotatable bonds is 5. The molecule has 3 heteroatoms. The molecule has 0 atom stereocenters. The van der Waals surface area contributed by atoms with Crippen molar-refractivity contribution in [1.82, 2.24) is 9.80 Å². The number of hydrogen-bond donors (Lipinski definition) is 0. The van der Waals surface area contributed by atoms with Gasteiger partial charge in [-0.1, -0.05) is 19.9 Å². The number of nitrogens with zero attached hydrogens (tertiary/aromatic N) is 2. The van der Waals surface area contributed by atoms with Gasteiger partial charge in [0, 0.05) is 38.6 Å². The third kappa shape index (κ3) is 3.34. The molecule has 0 aromatic carbocycles. The van der Waals surface area contributed by atoms with Crippen LogP contribution in [0.1, 0.15) is 26.7 Å². The predicted molar refractivity (Wildman–Crippen MR) is 67.3 cm³/mol. The van der Waals surface area contributed by atoms with Crippen molar-refractivity contribution in [1.29, 1.82) is 0 Å². The normalized spacial score (nSPS) is 17.8. The lowest BCUT2D eigenvalue weighted by molar-refractivity contribution is -0.137. The van der Waals surface area contributed by atoms with Gasteiger partial charge in [-0.3, -0.25) is 9.69 Å². The highest BCUT2D eigenvalue weighted by molar-refractivity contribution is 5.78. The van der Waals surface area contributed by atoms with Crippen LogP contribution in [0.2, 0.25) is 0 Å². The Balaban J connectivity index is 2.40. The van der Waals surface area contributed by atoms with Gasteiger partial charge in [0.1, 0.15) is 0 Å². The standard InChI is InChI=1S/C13H24N2O/c1-4-7-14-8-10-15(11-9-14)13(16)12(5-2)6-3/h4,12H,1,5-11H2,2-3H3. The van der Waals surface area contributed by atoms with Gasteiger partial charge in [0.05, 0.1) is 0 Å². The third-order valence-corrected chi connectivity index (χ3v) is 3.41. The van der Waals surface area contributed by atoms with Crippen LogP contribution in [0.4, 0.5) is 0 Å². The van der Waals surface area contributed by atoms with E-state index in [1.807, 2.05) is 11.0 Å². The first-order chi connectivity index (χ1) is 7.72. The molecular weight excluding hydrogens is 200 g/mol. The fraction of sp³-hybridized carbons (Fsp3) is 0.769. The molecule has 92 valence electrons. The summed E-state index contributed by atoms with van der Waals surface area (Å²) in [7, 11) is 0. The molecule has 0 aromatic heterocycles. The number of amides is 1. The Hall–Kier alpha value is -0.830. The van der Waals surface area contributed by atoms with Crippen molar-refractivity contribution in [2.24, 2.45) is 5.92 Å². The monoisotopic (exact) mass is 224 g/mol. The van der Waals surface area contributed by atoms with E-state index in [1.165, 1.54) is 0 Å². The second kappa shape index (κ2) is 6.69. The van der Waals surface area contributed by atoms with Crippen LogP contribution < -0.4 is 0 Å². The van der Waals surface area contributed by atoms with E-state index in [-0.39, 0.29) is 5.92 Å². The first-order valence-electron chi connectivity index (χ1n) is 6.34. The average Bonchev–Trinajstić information content (AvgIpc) is 2.32. The van der Waals surface area contributed by atoms with Gasteiger partial charge in [-0.25, -0.2) is 0 Å². The lowest BCUT2D eigenvalue weighted by Crippen LogP contribution is -2.50. The zero-order valence-corrected chi connectivity index (χ0v) is 10.6. The minimum atomic E-state index is 0.228. The molecule has 0 N–H and O–H groups in total. The summed E-state index contributed by atoms with van der Waals surface area (Å²) in [5.74, 6) is 0.578. The summed E-state index contributed by atoms with van der Waals surface area (Å²) in [4.78, 5) is 16.5. The van der Waals surface area contributed by atoms with E-state index in [9.17, 15) is 4.79 Å². The van der Waals surface area contributed by atoms with Crippen LogP contribution in [0.5, 0.6) is 0 Å². The van der Waals surface area contributed by atoms with Crippen LogP contribution in [-0.2, 0) is 4.79 Å². The van der Waals surface area contributed by atoms with Crippen LogP contribution in [0.25, 0.3) is 0 Å². The smallest absolute Gasteiger partial charge is 0.225 e. The summed E-state index contributed by atoms with van der Waals surface area (Å²) < 4.78 is 0. The maximum Gasteiger partial charge on any atom is 0.225 e. The molecule has 0 aliphatic carbocycles. The molecule has 0 aromatic rings. The van der Waals surface area contributed by atoms with E-state index in [1.54, 1.807) is 0 Å². The second-order valence-corrected chi connectivity index (χ2v) is 4.43. The fourth-order valence-electron chi connectivity index (χ4n) is 2.23. The van der Waals surface area contributed by atoms with Gasteiger partial charge in [0.25, 0.3) is 0 Å². The van der Waals surface area contributed by atoms with E-state index in [0.717, 1.165) is 45.6 Å². The van der Waals surface area contributed by atoms with E-state index < -0.39 is 0 Å². The lowest BCUT2D eigenvalue weighted by atomic mass is 10.0. The van der Waals surface area contributed by atoms with Crippen molar-refractivity contribution in [2.45, 2.75) is 26.7 Å². The van der Waals surface area contributed by atoms with Crippen LogP contribution in [0.3, 0.4) is 0 Å². The second-order valence-electron chi connectivity index (χ2n) is 4.43. The summed E-state index contributed by atoms with van der Waals surface area (Å²) in [6.07, 6.45) is 3.85. The van der Waals surface area contributed by atoms with Gasteiger partial charge < -0.3 is 4.90 Å². The molecule has 1 rings (SSSR count). The average molecular weight is 224 g/mol. The zero-order chi connectivity index (χ0) is 12.0. The van der Waals surface area contributed by atoms with Crippen molar-refractivity contribution >= 4 is 5.91 Å². The molecule has 1 aliphatic heterocycles.